The average molecular weight is 313 g/mol. The Bertz CT molecular complexity index is 465. The Hall–Kier alpha value is -1.03. The van der Waals surface area contributed by atoms with E-state index in [2.05, 4.69) is 23.0 Å². The largest absolute Gasteiger partial charge is 2.00 e. The molecule has 2 rings (SSSR count). The van der Waals surface area contributed by atoms with Crippen LogP contribution in [0.3, 0.4) is 0 Å². The summed E-state index contributed by atoms with van der Waals surface area (Å²) in [6.07, 6.45) is 4.18. The van der Waals surface area contributed by atoms with Crippen molar-refractivity contribution in [1.82, 2.24) is 9.97 Å². The first-order chi connectivity index (χ1) is 8.69. The Labute approximate surface area is 131 Å². The molecule has 0 aliphatic rings. The molecule has 19 heavy (non-hydrogen) atoms. The summed E-state index contributed by atoms with van der Waals surface area (Å²) in [4.78, 5) is 10.1. The van der Waals surface area contributed by atoms with E-state index in [0.717, 1.165) is 12.1 Å². The van der Waals surface area contributed by atoms with E-state index in [-0.39, 0.29) is 18.6 Å². The SMILES string of the molecule is CN(c1cc[c-]cc1)c1cncc(Cl)n1.[CH2-]CC.[V+2]. The molecule has 1 aromatic carbocycles. The summed E-state index contributed by atoms with van der Waals surface area (Å²) in [5.74, 6) is 0.716. The van der Waals surface area contributed by atoms with Crippen LogP contribution >= 0.6 is 11.6 Å². The van der Waals surface area contributed by atoms with Crippen LogP contribution in [0.25, 0.3) is 0 Å². The second kappa shape index (κ2) is 9.85. The molecule has 0 saturated heterocycles. The monoisotopic (exact) mass is 312 g/mol. The van der Waals surface area contributed by atoms with Gasteiger partial charge < -0.3 is 11.8 Å². The topological polar surface area (TPSA) is 29.0 Å². The normalized spacial score (nSPS) is 8.84. The quantitative estimate of drug-likeness (QED) is 0.787. The fraction of sp³-hybridized carbons (Fsp3) is 0.214. The van der Waals surface area contributed by atoms with Crippen molar-refractivity contribution in [1.29, 1.82) is 0 Å². The van der Waals surface area contributed by atoms with Crippen LogP contribution in [-0.4, -0.2) is 17.0 Å². The molecule has 5 heteroatoms. The van der Waals surface area contributed by atoms with Gasteiger partial charge in [0.1, 0.15) is 5.15 Å². The number of nitrogens with zero attached hydrogens (tertiary/aromatic N) is 3. The van der Waals surface area contributed by atoms with Gasteiger partial charge in [-0.1, -0.05) is 24.2 Å². The first-order valence-corrected chi connectivity index (χ1v) is 6.03. The summed E-state index contributed by atoms with van der Waals surface area (Å²) in [6, 6.07) is 10.6. The van der Waals surface area contributed by atoms with Gasteiger partial charge in [0.2, 0.25) is 0 Å². The Morgan fingerprint density at radius 1 is 1.32 bits per heavy atom. The van der Waals surface area contributed by atoms with E-state index in [1.807, 2.05) is 43.1 Å². The van der Waals surface area contributed by atoms with Gasteiger partial charge in [0.05, 0.1) is 12.4 Å². The van der Waals surface area contributed by atoms with Crippen molar-refractivity contribution in [2.45, 2.75) is 13.3 Å². The van der Waals surface area contributed by atoms with Gasteiger partial charge in [0.15, 0.2) is 5.82 Å². The van der Waals surface area contributed by atoms with Crippen molar-refractivity contribution in [3.05, 3.63) is 54.8 Å². The summed E-state index contributed by atoms with van der Waals surface area (Å²) < 4.78 is 0. The van der Waals surface area contributed by atoms with Gasteiger partial charge in [0.25, 0.3) is 0 Å². The number of halogens is 1. The molecule has 0 bridgehead atoms. The zero-order chi connectivity index (χ0) is 13.4. The molecular weight excluding hydrogens is 297 g/mol. The predicted octanol–water partition coefficient (Wildman–Crippen LogP) is 3.93. The average Bonchev–Trinajstić information content (AvgIpc) is 2.40. The van der Waals surface area contributed by atoms with E-state index in [1.165, 1.54) is 6.20 Å². The van der Waals surface area contributed by atoms with Crippen molar-refractivity contribution in [3.63, 3.8) is 0 Å². The van der Waals surface area contributed by atoms with Crippen LogP contribution in [0.5, 0.6) is 0 Å². The summed E-state index contributed by atoms with van der Waals surface area (Å²) >= 11 is 5.77. The van der Waals surface area contributed by atoms with Gasteiger partial charge in [-0.25, -0.2) is 4.98 Å². The van der Waals surface area contributed by atoms with E-state index in [0.29, 0.717) is 11.0 Å². The van der Waals surface area contributed by atoms with Gasteiger partial charge in [-0.05, 0) is 0 Å². The zero-order valence-corrected chi connectivity index (χ0v) is 13.2. The third-order valence-electron chi connectivity index (χ3n) is 2.02. The minimum atomic E-state index is 0. The number of hydrogen-bond donors (Lipinski definition) is 0. The van der Waals surface area contributed by atoms with Crippen LogP contribution in [0, 0.1) is 13.0 Å². The van der Waals surface area contributed by atoms with Gasteiger partial charge in [-0.3, -0.25) is 4.98 Å². The first kappa shape index (κ1) is 18.0. The second-order valence-corrected chi connectivity index (χ2v) is 3.90. The second-order valence-electron chi connectivity index (χ2n) is 3.52. The first-order valence-electron chi connectivity index (χ1n) is 5.65. The summed E-state index contributed by atoms with van der Waals surface area (Å²) in [5.41, 5.74) is 1.02. The molecule has 0 aliphatic carbocycles. The fourth-order valence-corrected chi connectivity index (χ4v) is 1.37. The maximum absolute atomic E-state index is 5.77. The van der Waals surface area contributed by atoms with E-state index in [9.17, 15) is 0 Å². The van der Waals surface area contributed by atoms with Crippen LogP contribution in [0.15, 0.2) is 36.7 Å². The molecule has 0 N–H and O–H groups in total. The van der Waals surface area contributed by atoms with Gasteiger partial charge in [-0.2, -0.15) is 24.6 Å². The molecule has 3 nitrogen and oxygen atoms in total. The third kappa shape index (κ3) is 6.10. The Balaban J connectivity index is 0.000000742. The summed E-state index contributed by atoms with van der Waals surface area (Å²) in [5, 5.41) is 0.391. The predicted molar refractivity (Wildman–Crippen MR) is 76.0 cm³/mol. The maximum atomic E-state index is 5.77. The Kier molecular flexibility index (Phi) is 9.31. The van der Waals surface area contributed by atoms with Crippen molar-refractivity contribution in [2.75, 3.05) is 11.9 Å². The smallest absolute Gasteiger partial charge is 0.351 e. The number of rotatable bonds is 2. The summed E-state index contributed by atoms with van der Waals surface area (Å²) in [7, 11) is 1.91. The fourth-order valence-electron chi connectivity index (χ4n) is 1.23. The molecule has 0 amide bonds. The van der Waals surface area contributed by atoms with Crippen LogP contribution in [-0.2, 0) is 18.6 Å². The number of aromatic nitrogens is 2. The zero-order valence-electron chi connectivity index (χ0n) is 11.0. The van der Waals surface area contributed by atoms with E-state index in [1.54, 1.807) is 6.20 Å². The number of benzene rings is 1. The van der Waals surface area contributed by atoms with Crippen LogP contribution in [0.4, 0.5) is 11.5 Å². The molecule has 99 valence electrons. The molecule has 1 heterocycles. The van der Waals surface area contributed by atoms with E-state index >= 15 is 0 Å². The van der Waals surface area contributed by atoms with Crippen molar-refractivity contribution in [2.24, 2.45) is 0 Å². The molecule has 1 aromatic heterocycles. The molecule has 2 aromatic rings. The Morgan fingerprint density at radius 2 is 1.89 bits per heavy atom. The van der Waals surface area contributed by atoms with E-state index in [4.69, 9.17) is 11.6 Å². The Morgan fingerprint density at radius 3 is 2.42 bits per heavy atom. The molecule has 0 unspecified atom stereocenters. The molecule has 0 spiro atoms. The van der Waals surface area contributed by atoms with Gasteiger partial charge in [0, 0.05) is 7.05 Å². The standard InChI is InChI=1S/C11H9ClN3.C3H7.V/c1-15(9-5-3-2-4-6-9)11-8-13-7-10(12)14-11;1-3-2;/h3-8H,1H3;1,3H2,2H3;/q2*-1;+2. The minimum absolute atomic E-state index is 0. The number of hydrogen-bond acceptors (Lipinski definition) is 3. The summed E-state index contributed by atoms with van der Waals surface area (Å²) in [6.45, 7) is 5.50. The van der Waals surface area contributed by atoms with Crippen LogP contribution in [0.1, 0.15) is 13.3 Å². The molecule has 0 atom stereocenters. The molecular formula is C14H16ClN3V. The minimum Gasteiger partial charge on any atom is -0.351 e. The molecule has 1 radical (unpaired) electrons. The van der Waals surface area contributed by atoms with Crippen LogP contribution < -0.4 is 4.90 Å². The van der Waals surface area contributed by atoms with Gasteiger partial charge >= 0.3 is 18.6 Å². The van der Waals surface area contributed by atoms with Crippen LogP contribution in [0.2, 0.25) is 5.15 Å². The number of anilines is 2. The van der Waals surface area contributed by atoms with Gasteiger partial charge in [-0.15, -0.1) is 12.1 Å². The van der Waals surface area contributed by atoms with Crippen molar-refractivity contribution < 1.29 is 18.6 Å². The molecule has 0 aliphatic heterocycles. The maximum Gasteiger partial charge on any atom is 2.00 e. The van der Waals surface area contributed by atoms with E-state index < -0.39 is 0 Å². The van der Waals surface area contributed by atoms with Crippen molar-refractivity contribution >= 4 is 23.1 Å². The van der Waals surface area contributed by atoms with Crippen molar-refractivity contribution in [3.8, 4) is 0 Å². The third-order valence-corrected chi connectivity index (χ3v) is 2.21. The molecule has 0 fully saturated rings. The molecule has 0 saturated carbocycles.